The van der Waals surface area contributed by atoms with Crippen molar-refractivity contribution in [1.29, 1.82) is 5.26 Å². The maximum atomic E-state index is 13.3. The summed E-state index contributed by atoms with van der Waals surface area (Å²) in [5.41, 5.74) is 2.03. The van der Waals surface area contributed by atoms with E-state index in [0.29, 0.717) is 53.1 Å². The van der Waals surface area contributed by atoms with Crippen molar-refractivity contribution in [2.24, 2.45) is 0 Å². The van der Waals surface area contributed by atoms with Crippen LogP contribution in [0.5, 0.6) is 5.75 Å². The third kappa shape index (κ3) is 5.08. The molecule has 10 heteroatoms. The van der Waals surface area contributed by atoms with E-state index in [-0.39, 0.29) is 24.6 Å². The van der Waals surface area contributed by atoms with Gasteiger partial charge in [-0.25, -0.2) is 4.98 Å². The first-order valence-electron chi connectivity index (χ1n) is 11.1. The highest BCUT2D eigenvalue weighted by Gasteiger charge is 2.28. The van der Waals surface area contributed by atoms with Crippen molar-refractivity contribution in [3.05, 3.63) is 80.7 Å². The fourth-order valence-corrected chi connectivity index (χ4v) is 4.04. The second-order valence-corrected chi connectivity index (χ2v) is 8.27. The maximum absolute atomic E-state index is 13.3. The Morgan fingerprint density at radius 3 is 2.54 bits per heavy atom. The van der Waals surface area contributed by atoms with Crippen molar-refractivity contribution >= 4 is 29.1 Å². The van der Waals surface area contributed by atoms with E-state index in [4.69, 9.17) is 31.4 Å². The molecule has 1 aliphatic heterocycles. The van der Waals surface area contributed by atoms with Gasteiger partial charge in [-0.15, -0.1) is 4.73 Å². The van der Waals surface area contributed by atoms with Crippen molar-refractivity contribution in [3.8, 4) is 11.8 Å². The first-order chi connectivity index (χ1) is 16.9. The van der Waals surface area contributed by atoms with Crippen LogP contribution < -0.4 is 20.0 Å². The first kappa shape index (κ1) is 24.1. The summed E-state index contributed by atoms with van der Waals surface area (Å²) in [6.45, 7) is 2.86. The van der Waals surface area contributed by atoms with Crippen molar-refractivity contribution < 1.29 is 14.4 Å². The Balaban J connectivity index is 1.54. The molecular formula is C25H24ClN5O4. The second kappa shape index (κ2) is 10.5. The zero-order chi connectivity index (χ0) is 24.9. The molecule has 1 aromatic heterocycles. The molecule has 0 aliphatic carbocycles. The van der Waals surface area contributed by atoms with Crippen molar-refractivity contribution in [2.45, 2.75) is 19.9 Å². The Morgan fingerprint density at radius 1 is 1.20 bits per heavy atom. The minimum atomic E-state index is -0.356. The Morgan fingerprint density at radius 2 is 1.91 bits per heavy atom. The predicted octanol–water partition coefficient (Wildman–Crippen LogP) is 2.95. The number of halogens is 1. The third-order valence-corrected chi connectivity index (χ3v) is 6.00. The molecule has 0 atom stereocenters. The molecule has 3 aromatic rings. The average molecular weight is 494 g/mol. The molecule has 0 radical (unpaired) electrons. The van der Waals surface area contributed by atoms with E-state index in [2.05, 4.69) is 0 Å². The molecular weight excluding hydrogens is 470 g/mol. The lowest BCUT2D eigenvalue weighted by Gasteiger charge is -2.30. The summed E-state index contributed by atoms with van der Waals surface area (Å²) in [7, 11) is 1.41. The minimum absolute atomic E-state index is 0.118. The topological polar surface area (TPSA) is 101 Å². The van der Waals surface area contributed by atoms with Gasteiger partial charge in [0.25, 0.3) is 11.5 Å². The highest BCUT2D eigenvalue weighted by molar-refractivity contribution is 6.30. The molecule has 2 heterocycles. The standard InChI is InChI=1S/C25H24ClN5O4/c1-3-30(19-8-6-18(26)7-9-19)25-28-22-12-13-29(15-21(22)24(33)31(25)34-2)23(32)16-35-20-10-4-17(14-27)5-11-20/h4-11H,3,12-13,15-16H2,1-2H3. The number of fused-ring (bicyclic) bond motifs is 1. The van der Waals surface area contributed by atoms with Crippen LogP contribution in [0, 0.1) is 11.3 Å². The van der Waals surface area contributed by atoms with Crippen LogP contribution in [0.25, 0.3) is 0 Å². The molecule has 0 saturated heterocycles. The highest BCUT2D eigenvalue weighted by Crippen LogP contribution is 2.26. The van der Waals surface area contributed by atoms with Gasteiger partial charge in [0.2, 0.25) is 5.95 Å². The van der Waals surface area contributed by atoms with Gasteiger partial charge in [-0.05, 0) is 55.5 Å². The summed E-state index contributed by atoms with van der Waals surface area (Å²) in [5, 5.41) is 9.50. The summed E-state index contributed by atoms with van der Waals surface area (Å²) in [4.78, 5) is 39.7. The number of benzene rings is 2. The number of carbonyl (C=O) groups is 1. The van der Waals surface area contributed by atoms with E-state index in [1.165, 1.54) is 7.11 Å². The van der Waals surface area contributed by atoms with Gasteiger partial charge < -0.3 is 19.4 Å². The number of aromatic nitrogens is 2. The molecule has 0 unspecified atom stereocenters. The van der Waals surface area contributed by atoms with E-state index in [1.54, 1.807) is 41.3 Å². The molecule has 1 amide bonds. The Labute approximate surface area is 207 Å². The van der Waals surface area contributed by atoms with Crippen molar-refractivity contribution in [3.63, 3.8) is 0 Å². The van der Waals surface area contributed by atoms with Crippen LogP contribution in [0.1, 0.15) is 23.7 Å². The molecule has 0 spiro atoms. The number of carbonyl (C=O) groups excluding carboxylic acids is 1. The van der Waals surface area contributed by atoms with E-state index in [0.717, 1.165) is 10.4 Å². The number of rotatable bonds is 7. The van der Waals surface area contributed by atoms with Gasteiger partial charge in [0.15, 0.2) is 6.61 Å². The van der Waals surface area contributed by atoms with Crippen LogP contribution in [-0.2, 0) is 17.8 Å². The molecule has 1 aliphatic rings. The lowest BCUT2D eigenvalue weighted by atomic mass is 10.1. The van der Waals surface area contributed by atoms with Crippen molar-refractivity contribution in [1.82, 2.24) is 14.6 Å². The minimum Gasteiger partial charge on any atom is -0.484 e. The normalized spacial score (nSPS) is 12.5. The smallest absolute Gasteiger partial charge is 0.293 e. The quantitative estimate of drug-likeness (QED) is 0.498. The van der Waals surface area contributed by atoms with Gasteiger partial charge in [-0.2, -0.15) is 5.26 Å². The van der Waals surface area contributed by atoms with Crippen LogP contribution in [0.4, 0.5) is 11.6 Å². The van der Waals surface area contributed by atoms with Gasteiger partial charge in [0.1, 0.15) is 12.9 Å². The lowest BCUT2D eigenvalue weighted by molar-refractivity contribution is -0.134. The van der Waals surface area contributed by atoms with E-state index in [1.807, 2.05) is 30.0 Å². The number of nitriles is 1. The summed E-state index contributed by atoms with van der Waals surface area (Å²) in [5.74, 6) is 0.610. The molecule has 35 heavy (non-hydrogen) atoms. The average Bonchev–Trinajstić information content (AvgIpc) is 2.89. The van der Waals surface area contributed by atoms with E-state index < -0.39 is 0 Å². The SMILES string of the molecule is CCN(c1ccc(Cl)cc1)c1nc2c(c(=O)n1OC)CN(C(=O)COc1ccc(C#N)cc1)CC2. The molecule has 180 valence electrons. The van der Waals surface area contributed by atoms with Crippen LogP contribution in [0.3, 0.4) is 0 Å². The molecule has 4 rings (SSSR count). The summed E-state index contributed by atoms with van der Waals surface area (Å²) in [6, 6.07) is 15.8. The van der Waals surface area contributed by atoms with Gasteiger partial charge in [-0.3, -0.25) is 9.59 Å². The number of anilines is 2. The van der Waals surface area contributed by atoms with Crippen LogP contribution in [-0.4, -0.2) is 47.3 Å². The Bertz CT molecular complexity index is 1320. The molecule has 0 N–H and O–H groups in total. The maximum Gasteiger partial charge on any atom is 0.293 e. The molecule has 0 fully saturated rings. The van der Waals surface area contributed by atoms with Crippen molar-refractivity contribution in [2.75, 3.05) is 31.7 Å². The molecule has 2 aromatic carbocycles. The molecule has 0 saturated carbocycles. The lowest BCUT2D eigenvalue weighted by Crippen LogP contribution is -2.44. The second-order valence-electron chi connectivity index (χ2n) is 7.83. The van der Waals surface area contributed by atoms with E-state index in [9.17, 15) is 9.59 Å². The first-order valence-corrected chi connectivity index (χ1v) is 11.5. The molecule has 9 nitrogen and oxygen atoms in total. The fourth-order valence-electron chi connectivity index (χ4n) is 3.92. The van der Waals surface area contributed by atoms with Gasteiger partial charge in [0, 0.05) is 30.2 Å². The van der Waals surface area contributed by atoms with Gasteiger partial charge in [0.05, 0.1) is 29.4 Å². The predicted molar refractivity (Wildman–Crippen MR) is 131 cm³/mol. The highest BCUT2D eigenvalue weighted by atomic mass is 35.5. The van der Waals surface area contributed by atoms with Crippen LogP contribution >= 0.6 is 11.6 Å². The zero-order valence-electron chi connectivity index (χ0n) is 19.4. The summed E-state index contributed by atoms with van der Waals surface area (Å²) < 4.78 is 6.72. The number of nitrogens with zero attached hydrogens (tertiary/aromatic N) is 5. The Kier molecular flexibility index (Phi) is 7.22. The Hall–Kier alpha value is -4.03. The fraction of sp³-hybridized carbons (Fsp3) is 0.280. The van der Waals surface area contributed by atoms with Gasteiger partial charge in [-0.1, -0.05) is 11.6 Å². The largest absolute Gasteiger partial charge is 0.484 e. The monoisotopic (exact) mass is 493 g/mol. The number of hydrogen-bond acceptors (Lipinski definition) is 7. The van der Waals surface area contributed by atoms with Gasteiger partial charge >= 0.3 is 0 Å². The summed E-state index contributed by atoms with van der Waals surface area (Å²) in [6.07, 6.45) is 0.433. The van der Waals surface area contributed by atoms with Crippen LogP contribution in [0.2, 0.25) is 5.02 Å². The number of amides is 1. The number of hydrogen-bond donors (Lipinski definition) is 0. The molecule has 0 bridgehead atoms. The third-order valence-electron chi connectivity index (χ3n) is 5.75. The number of ether oxygens (including phenoxy) is 1. The van der Waals surface area contributed by atoms with E-state index >= 15 is 0 Å². The summed E-state index contributed by atoms with van der Waals surface area (Å²) >= 11 is 6.03. The zero-order valence-corrected chi connectivity index (χ0v) is 20.2. The van der Waals surface area contributed by atoms with Crippen LogP contribution in [0.15, 0.2) is 53.3 Å².